The van der Waals surface area contributed by atoms with Gasteiger partial charge in [0.2, 0.25) is 0 Å². The highest BCUT2D eigenvalue weighted by molar-refractivity contribution is 7.97. The van der Waals surface area contributed by atoms with Gasteiger partial charge in [0.25, 0.3) is 0 Å². The minimum atomic E-state index is -4.32. The first-order chi connectivity index (χ1) is 15.2. The van der Waals surface area contributed by atoms with Crippen molar-refractivity contribution in [3.8, 4) is 5.69 Å². The number of nitrogens with zero attached hydrogens (tertiary/aromatic N) is 3. The molecule has 0 unspecified atom stereocenters. The lowest BCUT2D eigenvalue weighted by Gasteiger charge is -2.44. The molecule has 0 saturated carbocycles. The molecule has 1 atom stereocenters. The molecule has 2 aliphatic rings. The molecule has 2 heterocycles. The number of piperidine rings is 1. The van der Waals surface area contributed by atoms with Crippen LogP contribution in [-0.4, -0.2) is 27.2 Å². The van der Waals surface area contributed by atoms with Gasteiger partial charge in [-0.25, -0.2) is 13.4 Å². The lowest BCUT2D eigenvalue weighted by atomic mass is 9.70. The summed E-state index contributed by atoms with van der Waals surface area (Å²) in [4.78, 5) is 0.801. The summed E-state index contributed by atoms with van der Waals surface area (Å²) in [7, 11) is 0. The van der Waals surface area contributed by atoms with Gasteiger partial charge in [-0.05, 0) is 85.0 Å². The lowest BCUT2D eigenvalue weighted by molar-refractivity contribution is -0.137. The van der Waals surface area contributed by atoms with E-state index in [9.17, 15) is 17.6 Å². The molecule has 1 fully saturated rings. The van der Waals surface area contributed by atoms with Gasteiger partial charge < -0.3 is 0 Å². The summed E-state index contributed by atoms with van der Waals surface area (Å²) >= 11 is 1.51. The van der Waals surface area contributed by atoms with Crippen molar-refractivity contribution in [3.63, 3.8) is 0 Å². The quantitative estimate of drug-likeness (QED) is 0.335. The third-order valence-electron chi connectivity index (χ3n) is 6.20. The summed E-state index contributed by atoms with van der Waals surface area (Å²) < 4.78 is 55.8. The van der Waals surface area contributed by atoms with Crippen LogP contribution in [0.1, 0.15) is 30.2 Å². The Kier molecular flexibility index (Phi) is 5.17. The summed E-state index contributed by atoms with van der Waals surface area (Å²) in [6, 6.07) is 11.6. The van der Waals surface area contributed by atoms with E-state index in [1.807, 2.05) is 10.9 Å². The van der Waals surface area contributed by atoms with E-state index in [1.54, 1.807) is 12.1 Å². The van der Waals surface area contributed by atoms with Gasteiger partial charge in [-0.15, -0.1) is 0 Å². The zero-order valence-electron chi connectivity index (χ0n) is 17.4. The molecule has 3 aromatic rings. The standard InChI is InChI=1S/C24H21F4N3S/c1-23-13-16-14-29-31(20-6-4-19(25)5-7-20)22(16)12-18(23)10-11-30(15-23)32-21-8-2-17(3-9-21)24(26,27)28/h2-9,12,14H,10-11,13,15H2,1H3/t23-/m1/s1. The van der Waals surface area contributed by atoms with Crippen LogP contribution in [-0.2, 0) is 12.6 Å². The molecule has 1 saturated heterocycles. The minimum Gasteiger partial charge on any atom is -0.245 e. The van der Waals surface area contributed by atoms with Crippen molar-refractivity contribution in [3.05, 3.63) is 82.9 Å². The number of hydrogen-bond acceptors (Lipinski definition) is 3. The Morgan fingerprint density at radius 1 is 1.03 bits per heavy atom. The van der Waals surface area contributed by atoms with Crippen LogP contribution < -0.4 is 0 Å². The van der Waals surface area contributed by atoms with Crippen LogP contribution in [0.2, 0.25) is 0 Å². The maximum absolute atomic E-state index is 13.3. The predicted molar refractivity (Wildman–Crippen MR) is 117 cm³/mol. The first kappa shape index (κ1) is 21.3. The number of alkyl halides is 3. The minimum absolute atomic E-state index is 0.0686. The van der Waals surface area contributed by atoms with E-state index < -0.39 is 11.7 Å². The van der Waals surface area contributed by atoms with Gasteiger partial charge in [-0.2, -0.15) is 18.3 Å². The smallest absolute Gasteiger partial charge is 0.245 e. The Labute approximate surface area is 187 Å². The second-order valence-electron chi connectivity index (χ2n) is 8.58. The maximum Gasteiger partial charge on any atom is 0.416 e. The maximum atomic E-state index is 13.3. The lowest BCUT2D eigenvalue weighted by Crippen LogP contribution is -2.42. The van der Waals surface area contributed by atoms with Crippen molar-refractivity contribution in [2.45, 2.75) is 30.8 Å². The van der Waals surface area contributed by atoms with Crippen molar-refractivity contribution in [2.75, 3.05) is 13.1 Å². The highest BCUT2D eigenvalue weighted by atomic mass is 32.2. The largest absolute Gasteiger partial charge is 0.416 e. The van der Waals surface area contributed by atoms with Gasteiger partial charge in [0.05, 0.1) is 23.1 Å². The highest BCUT2D eigenvalue weighted by Crippen LogP contribution is 2.46. The fraction of sp³-hybridized carbons (Fsp3) is 0.292. The molecule has 0 N–H and O–H groups in total. The molecule has 0 amide bonds. The molecular formula is C24H21F4N3S. The molecule has 0 spiro atoms. The summed E-state index contributed by atoms with van der Waals surface area (Å²) in [5.41, 5.74) is 3.65. The van der Waals surface area contributed by atoms with E-state index in [4.69, 9.17) is 0 Å². The molecule has 166 valence electrons. The topological polar surface area (TPSA) is 21.1 Å². The molecule has 3 nitrogen and oxygen atoms in total. The van der Waals surface area contributed by atoms with Gasteiger partial charge in [0, 0.05) is 23.4 Å². The molecular weight excluding hydrogens is 438 g/mol. The molecule has 0 bridgehead atoms. The summed E-state index contributed by atoms with van der Waals surface area (Å²) in [6.07, 6.45) is 1.46. The van der Waals surface area contributed by atoms with Gasteiger partial charge in [0.15, 0.2) is 0 Å². The molecule has 1 aromatic heterocycles. The van der Waals surface area contributed by atoms with Crippen molar-refractivity contribution in [1.82, 2.24) is 14.1 Å². The van der Waals surface area contributed by atoms with E-state index in [-0.39, 0.29) is 11.2 Å². The van der Waals surface area contributed by atoms with E-state index in [0.29, 0.717) is 0 Å². The Balaban J connectivity index is 1.34. The fourth-order valence-electron chi connectivity index (χ4n) is 4.52. The average Bonchev–Trinajstić information content (AvgIpc) is 3.14. The van der Waals surface area contributed by atoms with Gasteiger partial charge in [0.1, 0.15) is 5.82 Å². The zero-order chi connectivity index (χ0) is 22.5. The fourth-order valence-corrected chi connectivity index (χ4v) is 5.61. The zero-order valence-corrected chi connectivity index (χ0v) is 18.2. The Morgan fingerprint density at radius 2 is 1.75 bits per heavy atom. The molecule has 32 heavy (non-hydrogen) atoms. The monoisotopic (exact) mass is 459 g/mol. The number of halogens is 4. The SMILES string of the molecule is C[C@]12Cc3cnn(-c4ccc(F)cc4)c3C=C1CCN(Sc1ccc(C(F)(F)F)cc1)C2. The van der Waals surface area contributed by atoms with Gasteiger partial charge >= 0.3 is 6.18 Å². The van der Waals surface area contributed by atoms with Crippen molar-refractivity contribution < 1.29 is 17.6 Å². The highest BCUT2D eigenvalue weighted by Gasteiger charge is 2.39. The molecule has 5 rings (SSSR count). The van der Waals surface area contributed by atoms with Crippen LogP contribution >= 0.6 is 11.9 Å². The predicted octanol–water partition coefficient (Wildman–Crippen LogP) is 6.39. The average molecular weight is 460 g/mol. The third kappa shape index (κ3) is 3.97. The second-order valence-corrected chi connectivity index (χ2v) is 9.75. The first-order valence-corrected chi connectivity index (χ1v) is 11.1. The Hall–Kier alpha value is -2.58. The van der Waals surface area contributed by atoms with E-state index in [0.717, 1.165) is 59.9 Å². The number of rotatable bonds is 3. The number of aromatic nitrogens is 2. The third-order valence-corrected chi connectivity index (χ3v) is 7.25. The number of benzene rings is 2. The van der Waals surface area contributed by atoms with Crippen molar-refractivity contribution in [2.24, 2.45) is 5.41 Å². The molecule has 2 aromatic carbocycles. The van der Waals surface area contributed by atoms with Crippen molar-refractivity contribution in [1.29, 1.82) is 0 Å². The van der Waals surface area contributed by atoms with Gasteiger partial charge in [-0.3, -0.25) is 0 Å². The molecule has 0 radical (unpaired) electrons. The van der Waals surface area contributed by atoms with Crippen LogP contribution in [0, 0.1) is 11.2 Å². The second kappa shape index (κ2) is 7.78. The van der Waals surface area contributed by atoms with Crippen LogP contribution in [0.4, 0.5) is 17.6 Å². The van der Waals surface area contributed by atoms with E-state index >= 15 is 0 Å². The molecule has 1 aliphatic heterocycles. The summed E-state index contributed by atoms with van der Waals surface area (Å²) in [5, 5.41) is 4.54. The normalized spacial score (nSPS) is 21.1. The summed E-state index contributed by atoms with van der Waals surface area (Å²) in [6.45, 7) is 3.84. The van der Waals surface area contributed by atoms with Crippen LogP contribution in [0.3, 0.4) is 0 Å². The number of hydrogen-bond donors (Lipinski definition) is 0. The Morgan fingerprint density at radius 3 is 2.44 bits per heavy atom. The summed E-state index contributed by atoms with van der Waals surface area (Å²) in [5.74, 6) is -0.279. The number of fused-ring (bicyclic) bond motifs is 2. The molecule has 8 heteroatoms. The van der Waals surface area contributed by atoms with E-state index in [2.05, 4.69) is 22.4 Å². The van der Waals surface area contributed by atoms with Crippen LogP contribution in [0.5, 0.6) is 0 Å². The van der Waals surface area contributed by atoms with Crippen LogP contribution in [0.25, 0.3) is 11.8 Å². The van der Waals surface area contributed by atoms with Crippen LogP contribution in [0.15, 0.2) is 65.2 Å². The Bertz CT molecular complexity index is 1170. The van der Waals surface area contributed by atoms with Gasteiger partial charge in [-0.1, -0.05) is 12.5 Å². The first-order valence-electron chi connectivity index (χ1n) is 10.4. The van der Waals surface area contributed by atoms with E-state index in [1.165, 1.54) is 41.8 Å². The van der Waals surface area contributed by atoms with Crippen molar-refractivity contribution >= 4 is 18.0 Å². The molecule has 1 aliphatic carbocycles.